The van der Waals surface area contributed by atoms with Gasteiger partial charge in [-0.05, 0) is 23.8 Å². The topological polar surface area (TPSA) is 17.8 Å². The van der Waals surface area contributed by atoms with E-state index in [0.717, 1.165) is 11.1 Å². The highest BCUT2D eigenvalue weighted by Crippen LogP contribution is 2.25. The largest absolute Gasteiger partial charge is 0.322 e. The van der Waals surface area contributed by atoms with Crippen molar-refractivity contribution in [2.24, 2.45) is 0 Å². The van der Waals surface area contributed by atoms with E-state index in [1.807, 2.05) is 28.8 Å². The van der Waals surface area contributed by atoms with Crippen molar-refractivity contribution in [1.29, 1.82) is 0 Å². The third-order valence-electron chi connectivity index (χ3n) is 3.24. The molecule has 0 N–H and O–H groups in total. The first-order chi connectivity index (χ1) is 10.1. The summed E-state index contributed by atoms with van der Waals surface area (Å²) in [5.41, 5.74) is 2.35. The number of fused-ring (bicyclic) bond motifs is 1. The van der Waals surface area contributed by atoms with E-state index in [4.69, 9.17) is 34.8 Å². The Hall–Kier alpha value is -1.29. The smallest absolute Gasteiger partial charge is 0.144 e. The van der Waals surface area contributed by atoms with Gasteiger partial charge in [0.15, 0.2) is 0 Å². The van der Waals surface area contributed by atoms with Gasteiger partial charge in [-0.15, -0.1) is 11.6 Å². The average Bonchev–Trinajstić information content (AvgIpc) is 2.79. The third kappa shape index (κ3) is 2.86. The van der Waals surface area contributed by atoms with Crippen molar-refractivity contribution in [3.8, 4) is 0 Å². The molecule has 21 heavy (non-hydrogen) atoms. The molecule has 0 radical (unpaired) electrons. The Morgan fingerprint density at radius 2 is 1.81 bits per heavy atom. The number of aromatic nitrogens is 2. The van der Waals surface area contributed by atoms with Crippen molar-refractivity contribution < 1.29 is 4.39 Å². The summed E-state index contributed by atoms with van der Waals surface area (Å²) in [6, 6.07) is 10.4. The van der Waals surface area contributed by atoms with Crippen LogP contribution >= 0.6 is 34.8 Å². The highest BCUT2D eigenvalue weighted by molar-refractivity contribution is 6.31. The summed E-state index contributed by atoms with van der Waals surface area (Å²) in [5.74, 6) is 0.423. The first-order valence-electron chi connectivity index (χ1n) is 6.23. The number of halogens is 4. The average molecular weight is 344 g/mol. The molecule has 1 aromatic heterocycles. The maximum Gasteiger partial charge on any atom is 0.144 e. The summed E-state index contributed by atoms with van der Waals surface area (Å²) in [6.45, 7) is 0.567. The number of hydrogen-bond donors (Lipinski definition) is 0. The number of alkyl halides is 1. The quantitative estimate of drug-likeness (QED) is 0.592. The van der Waals surface area contributed by atoms with Crippen LogP contribution in [0, 0.1) is 5.82 Å². The van der Waals surface area contributed by atoms with Gasteiger partial charge >= 0.3 is 0 Å². The van der Waals surface area contributed by atoms with Crippen molar-refractivity contribution in [3.05, 3.63) is 63.6 Å². The van der Waals surface area contributed by atoms with Crippen molar-refractivity contribution in [3.63, 3.8) is 0 Å². The molecule has 0 atom stereocenters. The Labute approximate surface area is 136 Å². The second-order valence-electron chi connectivity index (χ2n) is 4.63. The molecular weight excluding hydrogens is 334 g/mol. The number of nitrogens with zero attached hydrogens (tertiary/aromatic N) is 2. The van der Waals surface area contributed by atoms with E-state index in [9.17, 15) is 4.39 Å². The lowest BCUT2D eigenvalue weighted by Crippen LogP contribution is -2.03. The predicted octanol–water partition coefficient (Wildman–Crippen LogP) is 5.27. The second kappa shape index (κ2) is 5.84. The van der Waals surface area contributed by atoms with E-state index in [1.54, 1.807) is 6.07 Å². The molecular formula is C15H10Cl3FN2. The van der Waals surface area contributed by atoms with Crippen LogP contribution in [0.15, 0.2) is 36.4 Å². The Morgan fingerprint density at radius 3 is 2.48 bits per heavy atom. The molecule has 2 nitrogen and oxygen atoms in total. The minimum Gasteiger partial charge on any atom is -0.322 e. The zero-order valence-corrected chi connectivity index (χ0v) is 13.1. The number of hydrogen-bond acceptors (Lipinski definition) is 1. The van der Waals surface area contributed by atoms with Crippen LogP contribution in [0.1, 0.15) is 11.4 Å². The van der Waals surface area contributed by atoms with Gasteiger partial charge in [0.1, 0.15) is 11.6 Å². The van der Waals surface area contributed by atoms with Crippen molar-refractivity contribution in [1.82, 2.24) is 9.55 Å². The van der Waals surface area contributed by atoms with Gasteiger partial charge in [0.2, 0.25) is 0 Å². The molecule has 3 rings (SSSR count). The fourth-order valence-electron chi connectivity index (χ4n) is 2.22. The van der Waals surface area contributed by atoms with Crippen LogP contribution in [0.25, 0.3) is 11.0 Å². The molecule has 1 heterocycles. The zero-order chi connectivity index (χ0) is 15.0. The van der Waals surface area contributed by atoms with E-state index >= 15 is 0 Å². The van der Waals surface area contributed by atoms with E-state index < -0.39 is 5.82 Å². The lowest BCUT2D eigenvalue weighted by atomic mass is 10.2. The number of imidazole rings is 1. The van der Waals surface area contributed by atoms with Gasteiger partial charge in [-0.25, -0.2) is 9.37 Å². The minimum absolute atomic E-state index is 0.0703. The van der Waals surface area contributed by atoms with Crippen molar-refractivity contribution in [2.45, 2.75) is 12.4 Å². The van der Waals surface area contributed by atoms with E-state index in [-0.39, 0.29) is 10.9 Å². The summed E-state index contributed by atoms with van der Waals surface area (Å²) >= 11 is 17.7. The maximum absolute atomic E-state index is 13.5. The van der Waals surface area contributed by atoms with Gasteiger partial charge in [0.05, 0.1) is 21.9 Å². The minimum atomic E-state index is -0.485. The van der Waals surface area contributed by atoms with E-state index in [1.165, 1.54) is 6.07 Å². The Kier molecular flexibility index (Phi) is 4.07. The Morgan fingerprint density at radius 1 is 1.10 bits per heavy atom. The van der Waals surface area contributed by atoms with Crippen LogP contribution in [0.5, 0.6) is 0 Å². The van der Waals surface area contributed by atoms with Gasteiger partial charge in [0, 0.05) is 17.6 Å². The van der Waals surface area contributed by atoms with E-state index in [2.05, 4.69) is 4.98 Å². The summed E-state index contributed by atoms with van der Waals surface area (Å²) in [5, 5.41) is 0.748. The molecule has 0 spiro atoms. The van der Waals surface area contributed by atoms with Crippen LogP contribution in [0.2, 0.25) is 10.0 Å². The molecule has 6 heteroatoms. The van der Waals surface area contributed by atoms with Crippen LogP contribution in [-0.4, -0.2) is 9.55 Å². The van der Waals surface area contributed by atoms with Gasteiger partial charge in [0.25, 0.3) is 0 Å². The normalized spacial score (nSPS) is 11.2. The second-order valence-corrected chi connectivity index (χ2v) is 5.74. The fourth-order valence-corrected chi connectivity index (χ4v) is 2.71. The van der Waals surface area contributed by atoms with Crippen LogP contribution in [-0.2, 0) is 12.4 Å². The fraction of sp³-hybridized carbons (Fsp3) is 0.133. The molecule has 108 valence electrons. The molecule has 0 saturated heterocycles. The Balaban J connectivity index is 2.11. The van der Waals surface area contributed by atoms with Gasteiger partial charge in [-0.2, -0.15) is 0 Å². The summed E-state index contributed by atoms with van der Waals surface area (Å²) in [4.78, 5) is 4.35. The molecule has 3 aromatic rings. The molecule has 2 aromatic carbocycles. The van der Waals surface area contributed by atoms with Gasteiger partial charge in [-0.1, -0.05) is 35.3 Å². The van der Waals surface area contributed by atoms with Crippen LogP contribution < -0.4 is 0 Å². The highest BCUT2D eigenvalue weighted by atomic mass is 35.5. The first-order valence-corrected chi connectivity index (χ1v) is 7.52. The molecule has 0 amide bonds. The summed E-state index contributed by atoms with van der Waals surface area (Å²) in [6.07, 6.45) is 0. The molecule has 0 saturated carbocycles. The third-order valence-corrected chi connectivity index (χ3v) is 4.02. The summed E-state index contributed by atoms with van der Waals surface area (Å²) in [7, 11) is 0. The van der Waals surface area contributed by atoms with Crippen molar-refractivity contribution >= 4 is 45.8 Å². The van der Waals surface area contributed by atoms with E-state index in [0.29, 0.717) is 22.9 Å². The monoisotopic (exact) mass is 342 g/mol. The number of benzene rings is 2. The predicted molar refractivity (Wildman–Crippen MR) is 84.8 cm³/mol. The first kappa shape index (κ1) is 14.6. The molecule has 0 aliphatic rings. The van der Waals surface area contributed by atoms with Crippen LogP contribution in [0.3, 0.4) is 0 Å². The molecule has 0 unspecified atom stereocenters. The lowest BCUT2D eigenvalue weighted by Gasteiger charge is -2.08. The molecule has 0 bridgehead atoms. The molecule has 0 fully saturated rings. The molecule has 0 aliphatic carbocycles. The maximum atomic E-state index is 13.5. The summed E-state index contributed by atoms with van der Waals surface area (Å²) < 4.78 is 15.5. The number of rotatable bonds is 3. The molecule has 0 aliphatic heterocycles. The standard InChI is InChI=1S/C15H10Cl3FN2/c16-7-15-20-13-6-12(19)11(18)5-14(13)21(15)8-9-1-3-10(17)4-2-9/h1-6H,7-8H2. The van der Waals surface area contributed by atoms with Crippen molar-refractivity contribution in [2.75, 3.05) is 0 Å². The van der Waals surface area contributed by atoms with Crippen LogP contribution in [0.4, 0.5) is 4.39 Å². The zero-order valence-electron chi connectivity index (χ0n) is 10.8. The van der Waals surface area contributed by atoms with Gasteiger partial charge in [-0.3, -0.25) is 0 Å². The Bertz CT molecular complexity index is 797. The van der Waals surface area contributed by atoms with Gasteiger partial charge < -0.3 is 4.57 Å². The lowest BCUT2D eigenvalue weighted by molar-refractivity contribution is 0.629. The SMILES string of the molecule is Fc1cc2nc(CCl)n(Cc3ccc(Cl)cc3)c2cc1Cl. The highest BCUT2D eigenvalue weighted by Gasteiger charge is 2.13.